The number of fused-ring (bicyclic) bond motifs is 1. The van der Waals surface area contributed by atoms with E-state index in [1.54, 1.807) is 24.4 Å². The zero-order valence-corrected chi connectivity index (χ0v) is 22.1. The Hall–Kier alpha value is -3.85. The van der Waals surface area contributed by atoms with Crippen LogP contribution in [0.4, 0.5) is 20.3 Å². The fourth-order valence-corrected chi connectivity index (χ4v) is 5.16. The first-order chi connectivity index (χ1) is 18.9. The summed E-state index contributed by atoms with van der Waals surface area (Å²) in [5.41, 5.74) is 2.38. The molecule has 1 aromatic heterocycles. The third-order valence-corrected chi connectivity index (χ3v) is 7.38. The van der Waals surface area contributed by atoms with Gasteiger partial charge in [0.15, 0.2) is 0 Å². The van der Waals surface area contributed by atoms with Crippen LogP contribution in [0.5, 0.6) is 0 Å². The maximum Gasteiger partial charge on any atom is 0.261 e. The Labute approximate surface area is 227 Å². The number of benzene rings is 2. The third kappa shape index (κ3) is 6.09. The topological polar surface area (TPSA) is 68.8 Å². The van der Waals surface area contributed by atoms with Crippen LogP contribution in [0.25, 0.3) is 11.1 Å². The molecule has 0 radical (unpaired) electrons. The number of aromatic nitrogens is 1. The van der Waals surface area contributed by atoms with E-state index in [2.05, 4.69) is 22.2 Å². The first-order valence-electron chi connectivity index (χ1n) is 13.5. The predicted octanol–water partition coefficient (Wildman–Crippen LogP) is 5.05. The number of hydrogen-bond donors (Lipinski definition) is 1. The van der Waals surface area contributed by atoms with Crippen LogP contribution >= 0.6 is 0 Å². The van der Waals surface area contributed by atoms with Gasteiger partial charge in [-0.15, -0.1) is 0 Å². The fraction of sp³-hybridized carbons (Fsp3) is 0.367. The van der Waals surface area contributed by atoms with Gasteiger partial charge in [-0.3, -0.25) is 9.59 Å². The summed E-state index contributed by atoms with van der Waals surface area (Å²) < 4.78 is 27.9. The molecule has 2 amide bonds. The monoisotopic (exact) mass is 533 g/mol. The van der Waals surface area contributed by atoms with Gasteiger partial charge in [-0.2, -0.15) is 0 Å². The molecule has 2 saturated heterocycles. The molecule has 3 aliphatic heterocycles. The van der Waals surface area contributed by atoms with Gasteiger partial charge in [0.05, 0.1) is 11.3 Å². The van der Waals surface area contributed by atoms with Crippen LogP contribution in [0.1, 0.15) is 46.4 Å². The number of carbonyl (C=O) groups excluding carboxylic acids is 2. The summed E-state index contributed by atoms with van der Waals surface area (Å²) in [4.78, 5) is 35.7. The molecule has 0 atom stereocenters. The van der Waals surface area contributed by atoms with Gasteiger partial charge in [0.25, 0.3) is 11.8 Å². The molecule has 2 aromatic carbocycles. The molecule has 3 aromatic rings. The lowest BCUT2D eigenvalue weighted by Gasteiger charge is -2.30. The summed E-state index contributed by atoms with van der Waals surface area (Å²) in [5.74, 6) is -1.55. The summed E-state index contributed by atoms with van der Waals surface area (Å²) >= 11 is 0. The highest BCUT2D eigenvalue weighted by atomic mass is 19.1. The summed E-state index contributed by atoms with van der Waals surface area (Å²) in [6.07, 6.45) is 6.58. The van der Waals surface area contributed by atoms with Gasteiger partial charge in [0.2, 0.25) is 0 Å². The van der Waals surface area contributed by atoms with Crippen molar-refractivity contribution in [1.82, 2.24) is 14.8 Å². The SMILES string of the molecule is CN1CCCC1.O=C(c1ccc(-c2cnc3c(c2)N(C(=O)c2cc(F)ccc2F)CCN3)cc1)N1CCCC1. The molecule has 39 heavy (non-hydrogen) atoms. The fourth-order valence-electron chi connectivity index (χ4n) is 5.16. The van der Waals surface area contributed by atoms with E-state index in [0.717, 1.165) is 55.3 Å². The molecular formula is C30H33F2N5O2. The van der Waals surface area contributed by atoms with Crippen molar-refractivity contribution in [2.45, 2.75) is 25.7 Å². The molecule has 204 valence electrons. The van der Waals surface area contributed by atoms with Crippen LogP contribution in [-0.2, 0) is 0 Å². The lowest BCUT2D eigenvalue weighted by molar-refractivity contribution is 0.0792. The zero-order chi connectivity index (χ0) is 27.4. The van der Waals surface area contributed by atoms with Crippen molar-refractivity contribution in [3.63, 3.8) is 0 Å². The van der Waals surface area contributed by atoms with Crippen LogP contribution in [0, 0.1) is 11.6 Å². The molecular weight excluding hydrogens is 500 g/mol. The Morgan fingerprint density at radius 3 is 2.18 bits per heavy atom. The summed E-state index contributed by atoms with van der Waals surface area (Å²) in [6.45, 7) is 4.95. The number of carbonyl (C=O) groups is 2. The van der Waals surface area contributed by atoms with Crippen molar-refractivity contribution in [3.05, 3.63) is 77.5 Å². The van der Waals surface area contributed by atoms with E-state index in [4.69, 9.17) is 0 Å². The second kappa shape index (κ2) is 11.9. The minimum absolute atomic E-state index is 0.0284. The number of nitrogens with zero attached hydrogens (tertiary/aromatic N) is 4. The number of pyridine rings is 1. The lowest BCUT2D eigenvalue weighted by Crippen LogP contribution is -2.39. The third-order valence-electron chi connectivity index (χ3n) is 7.38. The number of rotatable bonds is 3. The Morgan fingerprint density at radius 1 is 0.821 bits per heavy atom. The van der Waals surface area contributed by atoms with Crippen molar-refractivity contribution in [2.24, 2.45) is 0 Å². The predicted molar refractivity (Wildman–Crippen MR) is 148 cm³/mol. The maximum absolute atomic E-state index is 14.2. The van der Waals surface area contributed by atoms with Gasteiger partial charge in [-0.25, -0.2) is 13.8 Å². The van der Waals surface area contributed by atoms with E-state index in [9.17, 15) is 18.4 Å². The lowest BCUT2D eigenvalue weighted by atomic mass is 10.0. The van der Waals surface area contributed by atoms with Crippen molar-refractivity contribution < 1.29 is 18.4 Å². The molecule has 9 heteroatoms. The Bertz CT molecular complexity index is 1340. The van der Waals surface area contributed by atoms with Crippen molar-refractivity contribution in [1.29, 1.82) is 0 Å². The van der Waals surface area contributed by atoms with Gasteiger partial charge >= 0.3 is 0 Å². The van der Waals surface area contributed by atoms with E-state index in [-0.39, 0.29) is 18.0 Å². The molecule has 0 spiro atoms. The first kappa shape index (κ1) is 26.7. The van der Waals surface area contributed by atoms with E-state index in [0.29, 0.717) is 23.6 Å². The molecule has 0 unspecified atom stereocenters. The Morgan fingerprint density at radius 2 is 1.51 bits per heavy atom. The molecule has 0 bridgehead atoms. The summed E-state index contributed by atoms with van der Waals surface area (Å²) in [6, 6.07) is 11.9. The largest absolute Gasteiger partial charge is 0.367 e. The van der Waals surface area contributed by atoms with Crippen LogP contribution in [0.2, 0.25) is 0 Å². The molecule has 1 N–H and O–H groups in total. The highest BCUT2D eigenvalue weighted by Gasteiger charge is 2.27. The average Bonchev–Trinajstić information content (AvgIpc) is 3.68. The van der Waals surface area contributed by atoms with Gasteiger partial charge in [-0.05, 0) is 87.8 Å². The number of likely N-dealkylation sites (tertiary alicyclic amines) is 2. The number of hydrogen-bond acceptors (Lipinski definition) is 5. The second-order valence-corrected chi connectivity index (χ2v) is 10.2. The van der Waals surface area contributed by atoms with Gasteiger partial charge in [-0.1, -0.05) is 12.1 Å². The second-order valence-electron chi connectivity index (χ2n) is 10.2. The van der Waals surface area contributed by atoms with Crippen molar-refractivity contribution >= 4 is 23.3 Å². The molecule has 3 aliphatic rings. The first-order valence-corrected chi connectivity index (χ1v) is 13.5. The standard InChI is InChI=1S/C25H22F2N4O2.C5H11N/c26-19-7-8-21(27)20(14-19)25(33)31-12-9-28-23-22(31)13-18(15-29-23)16-3-5-17(6-4-16)24(32)30-10-1-2-11-30;1-6-4-2-3-5-6/h3-8,13-15H,1-2,9-12H2,(H,28,29);2-5H2,1H3. The minimum Gasteiger partial charge on any atom is -0.367 e. The Kier molecular flexibility index (Phi) is 8.16. The maximum atomic E-state index is 14.2. The number of halogens is 2. The van der Waals surface area contributed by atoms with Crippen LogP contribution in [0.3, 0.4) is 0 Å². The highest BCUT2D eigenvalue weighted by molar-refractivity contribution is 6.08. The Balaban J connectivity index is 0.000000455. The van der Waals surface area contributed by atoms with Crippen molar-refractivity contribution in [2.75, 3.05) is 56.5 Å². The molecule has 4 heterocycles. The summed E-state index contributed by atoms with van der Waals surface area (Å²) in [5, 5.41) is 3.14. The molecule has 0 aliphatic carbocycles. The number of amides is 2. The summed E-state index contributed by atoms with van der Waals surface area (Å²) in [7, 11) is 2.17. The molecule has 7 nitrogen and oxygen atoms in total. The van der Waals surface area contributed by atoms with Gasteiger partial charge < -0.3 is 20.0 Å². The normalized spacial score (nSPS) is 16.8. The minimum atomic E-state index is -0.774. The van der Waals surface area contributed by atoms with E-state index in [1.807, 2.05) is 17.0 Å². The molecule has 2 fully saturated rings. The van der Waals surface area contributed by atoms with Crippen LogP contribution < -0.4 is 10.2 Å². The van der Waals surface area contributed by atoms with E-state index >= 15 is 0 Å². The van der Waals surface area contributed by atoms with E-state index in [1.165, 1.54) is 30.8 Å². The van der Waals surface area contributed by atoms with Crippen LogP contribution in [-0.4, -0.2) is 72.9 Å². The smallest absolute Gasteiger partial charge is 0.261 e. The molecule has 6 rings (SSSR count). The van der Waals surface area contributed by atoms with Gasteiger partial charge in [0, 0.05) is 43.5 Å². The molecule has 0 saturated carbocycles. The van der Waals surface area contributed by atoms with Crippen LogP contribution in [0.15, 0.2) is 54.7 Å². The van der Waals surface area contributed by atoms with Gasteiger partial charge in [0.1, 0.15) is 17.5 Å². The van der Waals surface area contributed by atoms with Crippen molar-refractivity contribution in [3.8, 4) is 11.1 Å². The van der Waals surface area contributed by atoms with E-state index < -0.39 is 17.5 Å². The highest BCUT2D eigenvalue weighted by Crippen LogP contribution is 2.33. The average molecular weight is 534 g/mol. The quantitative estimate of drug-likeness (QED) is 0.511. The number of nitrogens with one attached hydrogen (secondary N) is 1. The number of anilines is 2. The zero-order valence-electron chi connectivity index (χ0n) is 22.1.